The van der Waals surface area contributed by atoms with Crippen molar-refractivity contribution in [3.63, 3.8) is 0 Å². The molecule has 0 aliphatic heterocycles. The first-order valence-corrected chi connectivity index (χ1v) is 37.7. The summed E-state index contributed by atoms with van der Waals surface area (Å²) < 4.78 is 34.4. The number of hydrogen-bond acceptors (Lipinski definition) is 8. The number of rotatable bonds is 69. The molecule has 81 heavy (non-hydrogen) atoms. The molecule has 0 aromatic heterocycles. The lowest BCUT2D eigenvalue weighted by molar-refractivity contribution is -0.870. The molecule has 2 atom stereocenters. The minimum Gasteiger partial charge on any atom is -0.756 e. The smallest absolute Gasteiger partial charge is 0.306 e. The molecule has 0 saturated carbocycles. The predicted octanol–water partition coefficient (Wildman–Crippen LogP) is 22.7. The van der Waals surface area contributed by atoms with Gasteiger partial charge in [0, 0.05) is 12.8 Å². The molecule has 0 fully saturated rings. The molecule has 0 bridgehead atoms. The number of phosphoric ester groups is 1. The first-order chi connectivity index (χ1) is 39.5. The summed E-state index contributed by atoms with van der Waals surface area (Å²) in [5, 5.41) is 0. The van der Waals surface area contributed by atoms with Crippen LogP contribution in [0.4, 0.5) is 0 Å². The molecule has 0 saturated heterocycles. The molecule has 2 unspecified atom stereocenters. The van der Waals surface area contributed by atoms with E-state index in [1.807, 2.05) is 21.1 Å². The Hall–Kier alpha value is -0.990. The molecule has 0 aliphatic rings. The van der Waals surface area contributed by atoms with E-state index < -0.39 is 26.5 Å². The number of carbonyl (C=O) groups is 2. The number of ether oxygens (including phenoxy) is 2. The molecule has 0 aromatic rings. The summed E-state index contributed by atoms with van der Waals surface area (Å²) in [7, 11) is 1.20. The van der Waals surface area contributed by atoms with Gasteiger partial charge in [0.2, 0.25) is 0 Å². The van der Waals surface area contributed by atoms with Gasteiger partial charge in [-0.25, -0.2) is 0 Å². The monoisotopic (exact) mass is 1170 g/mol. The fourth-order valence-corrected chi connectivity index (χ4v) is 12.0. The van der Waals surface area contributed by atoms with Crippen molar-refractivity contribution in [1.82, 2.24) is 0 Å². The molecule has 0 rings (SSSR count). The van der Waals surface area contributed by atoms with Crippen molar-refractivity contribution in [1.29, 1.82) is 0 Å². The van der Waals surface area contributed by atoms with Crippen molar-refractivity contribution in [2.24, 2.45) is 0 Å². The summed E-state index contributed by atoms with van der Waals surface area (Å²) >= 11 is 0. The second-order valence-electron chi connectivity index (χ2n) is 26.3. The highest BCUT2D eigenvalue weighted by Crippen LogP contribution is 2.38. The second-order valence-corrected chi connectivity index (χ2v) is 27.7. The van der Waals surface area contributed by atoms with Crippen LogP contribution in [-0.2, 0) is 32.7 Å². The molecule has 9 nitrogen and oxygen atoms in total. The van der Waals surface area contributed by atoms with E-state index in [2.05, 4.69) is 13.8 Å². The van der Waals surface area contributed by atoms with Crippen molar-refractivity contribution in [2.75, 3.05) is 47.5 Å². The second kappa shape index (κ2) is 63.5. The van der Waals surface area contributed by atoms with E-state index in [0.29, 0.717) is 17.4 Å². The maximum Gasteiger partial charge on any atom is 0.306 e. The SMILES string of the molecule is CCCCCCCCCCCCCCCCCCCCCCCCCCCCCCCC(=O)OC(COC(=O)CCCCCCCCCCCCCCCCCCCCCCCCCCCCCC)COP(=O)([O-])OCC[N+](C)(C)C. The maximum atomic E-state index is 12.9. The van der Waals surface area contributed by atoms with E-state index in [4.69, 9.17) is 18.5 Å². The Morgan fingerprint density at radius 3 is 0.790 bits per heavy atom. The van der Waals surface area contributed by atoms with Crippen LogP contribution in [0.2, 0.25) is 0 Å². The van der Waals surface area contributed by atoms with Crippen LogP contribution >= 0.6 is 7.82 Å². The summed E-state index contributed by atoms with van der Waals surface area (Å²) in [6.07, 6.45) is 76.3. The Morgan fingerprint density at radius 2 is 0.556 bits per heavy atom. The molecule has 0 heterocycles. The van der Waals surface area contributed by atoms with Crippen LogP contribution in [0.25, 0.3) is 0 Å². The van der Waals surface area contributed by atoms with Crippen LogP contribution in [0.3, 0.4) is 0 Å². The van der Waals surface area contributed by atoms with Gasteiger partial charge in [0.25, 0.3) is 7.82 Å². The Bertz CT molecular complexity index is 1330. The number of phosphoric acid groups is 1. The zero-order valence-corrected chi connectivity index (χ0v) is 56.2. The predicted molar refractivity (Wildman–Crippen MR) is 347 cm³/mol. The highest BCUT2D eigenvalue weighted by Gasteiger charge is 2.22. The average Bonchev–Trinajstić information content (AvgIpc) is 3.43. The first-order valence-electron chi connectivity index (χ1n) is 36.2. The van der Waals surface area contributed by atoms with Crippen molar-refractivity contribution in [2.45, 2.75) is 399 Å². The van der Waals surface area contributed by atoms with Crippen molar-refractivity contribution >= 4 is 19.8 Å². The van der Waals surface area contributed by atoms with Gasteiger partial charge in [-0.15, -0.1) is 0 Å². The minimum atomic E-state index is -4.63. The molecular weight excluding hydrogens is 1030 g/mol. The Kier molecular flexibility index (Phi) is 62.7. The van der Waals surface area contributed by atoms with Gasteiger partial charge in [0.15, 0.2) is 6.10 Å². The zero-order chi connectivity index (χ0) is 59.1. The van der Waals surface area contributed by atoms with Crippen LogP contribution < -0.4 is 4.89 Å². The molecular formula is C71H142NO8P. The molecule has 0 aromatic carbocycles. The van der Waals surface area contributed by atoms with Gasteiger partial charge < -0.3 is 27.9 Å². The summed E-state index contributed by atoms with van der Waals surface area (Å²) in [5.41, 5.74) is 0. The highest BCUT2D eigenvalue weighted by atomic mass is 31.2. The van der Waals surface area contributed by atoms with Crippen LogP contribution in [0, 0.1) is 0 Å². The quantitative estimate of drug-likeness (QED) is 0.0256. The number of likely N-dealkylation sites (N-methyl/N-ethyl adjacent to an activating group) is 1. The van der Waals surface area contributed by atoms with Gasteiger partial charge in [0.1, 0.15) is 19.8 Å². The van der Waals surface area contributed by atoms with E-state index in [0.717, 1.165) is 32.1 Å². The third-order valence-corrected chi connectivity index (χ3v) is 17.8. The number of hydrogen-bond donors (Lipinski definition) is 0. The van der Waals surface area contributed by atoms with Crippen LogP contribution in [0.15, 0.2) is 0 Å². The third kappa shape index (κ3) is 68.0. The van der Waals surface area contributed by atoms with Crippen molar-refractivity contribution in [3.8, 4) is 0 Å². The number of nitrogens with zero attached hydrogens (tertiary/aromatic N) is 1. The number of carbonyl (C=O) groups excluding carboxylic acids is 2. The minimum absolute atomic E-state index is 0.0247. The van der Waals surface area contributed by atoms with Gasteiger partial charge in [0.05, 0.1) is 27.7 Å². The first kappa shape index (κ1) is 80.0. The summed E-state index contributed by atoms with van der Waals surface area (Å²) in [6, 6.07) is 0. The standard InChI is InChI=1S/C71H142NO8P/c1-6-8-10-12-14-16-18-20-22-24-26-28-30-32-34-36-38-40-42-44-46-48-50-52-54-56-58-60-62-64-71(74)80-69(68-79-81(75,76)78-66-65-72(3,4)5)67-77-70(73)63-61-59-57-55-53-51-49-47-45-43-41-39-37-35-33-31-29-27-25-23-21-19-17-15-13-11-9-7-2/h69H,6-68H2,1-5H3. The summed E-state index contributed by atoms with van der Waals surface area (Å²) in [5.74, 6) is -0.802. The lowest BCUT2D eigenvalue weighted by Crippen LogP contribution is -2.37. The van der Waals surface area contributed by atoms with Gasteiger partial charge in [-0.1, -0.05) is 367 Å². The Morgan fingerprint density at radius 1 is 0.333 bits per heavy atom. The van der Waals surface area contributed by atoms with Gasteiger partial charge in [-0.2, -0.15) is 0 Å². The Balaban J connectivity index is 3.95. The molecule has 10 heteroatoms. The van der Waals surface area contributed by atoms with E-state index in [9.17, 15) is 19.0 Å². The highest BCUT2D eigenvalue weighted by molar-refractivity contribution is 7.45. The van der Waals surface area contributed by atoms with E-state index in [-0.39, 0.29) is 32.0 Å². The van der Waals surface area contributed by atoms with Crippen LogP contribution in [0.5, 0.6) is 0 Å². The Labute approximate surface area is 505 Å². The van der Waals surface area contributed by atoms with Crippen molar-refractivity contribution < 1.29 is 42.1 Å². The fraction of sp³-hybridized carbons (Fsp3) is 0.972. The molecule has 0 aliphatic carbocycles. The van der Waals surface area contributed by atoms with Crippen molar-refractivity contribution in [3.05, 3.63) is 0 Å². The number of quaternary nitrogens is 1. The third-order valence-electron chi connectivity index (χ3n) is 16.9. The van der Waals surface area contributed by atoms with Gasteiger partial charge >= 0.3 is 11.9 Å². The zero-order valence-electron chi connectivity index (χ0n) is 55.3. The summed E-state index contributed by atoms with van der Waals surface area (Å²) in [4.78, 5) is 38.1. The van der Waals surface area contributed by atoms with E-state index >= 15 is 0 Å². The summed E-state index contributed by atoms with van der Waals surface area (Å²) in [6.45, 7) is 4.34. The largest absolute Gasteiger partial charge is 0.756 e. The average molecular weight is 1170 g/mol. The lowest BCUT2D eigenvalue weighted by Gasteiger charge is -2.28. The molecule has 0 radical (unpaired) electrons. The van der Waals surface area contributed by atoms with Crippen LogP contribution in [-0.4, -0.2) is 70.0 Å². The van der Waals surface area contributed by atoms with E-state index in [1.165, 1.54) is 327 Å². The maximum absolute atomic E-state index is 12.9. The van der Waals surface area contributed by atoms with Crippen LogP contribution in [0.1, 0.15) is 393 Å². The van der Waals surface area contributed by atoms with Gasteiger partial charge in [-0.3, -0.25) is 14.2 Å². The topological polar surface area (TPSA) is 111 Å². The number of unbranched alkanes of at least 4 members (excludes halogenated alkanes) is 55. The molecule has 0 amide bonds. The van der Waals surface area contributed by atoms with E-state index in [1.54, 1.807) is 0 Å². The fourth-order valence-electron chi connectivity index (χ4n) is 11.3. The molecule has 0 N–H and O–H groups in total. The lowest BCUT2D eigenvalue weighted by atomic mass is 10.0. The molecule has 0 spiro atoms. The normalized spacial score (nSPS) is 13.0. The van der Waals surface area contributed by atoms with Gasteiger partial charge in [-0.05, 0) is 12.8 Å². The number of esters is 2. The molecule has 484 valence electrons.